The van der Waals surface area contributed by atoms with E-state index in [1.54, 1.807) is 12.2 Å². The summed E-state index contributed by atoms with van der Waals surface area (Å²) < 4.78 is 21.2. The molecule has 8 atom stereocenters. The predicted molar refractivity (Wildman–Crippen MR) is 101 cm³/mol. The minimum atomic E-state index is -1.74. The third-order valence-electron chi connectivity index (χ3n) is 4.84. The zero-order valence-electron chi connectivity index (χ0n) is 16.1. The summed E-state index contributed by atoms with van der Waals surface area (Å²) in [7, 11) is 0. The monoisotopic (exact) mass is 426 g/mol. The van der Waals surface area contributed by atoms with Crippen LogP contribution in [0.2, 0.25) is 0 Å². The van der Waals surface area contributed by atoms with Crippen LogP contribution >= 0.6 is 0 Å². The summed E-state index contributed by atoms with van der Waals surface area (Å²) in [6, 6.07) is 9.45. The Morgan fingerprint density at radius 1 is 0.967 bits per heavy atom. The van der Waals surface area contributed by atoms with Crippen LogP contribution in [-0.4, -0.2) is 100 Å². The number of aliphatic hydroxyl groups excluding tert-OH is 5. The van der Waals surface area contributed by atoms with Gasteiger partial charge in [-0.05, 0) is 5.56 Å². The molecule has 0 spiro atoms. The Bertz CT molecular complexity index is 711. The Labute approximate surface area is 172 Å². The van der Waals surface area contributed by atoms with Crippen molar-refractivity contribution in [2.45, 2.75) is 49.2 Å². The Morgan fingerprint density at radius 3 is 2.43 bits per heavy atom. The second-order valence-electron chi connectivity index (χ2n) is 7.06. The molecule has 0 unspecified atom stereocenters. The SMILES string of the molecule is O=C1[C@@H](CO[C@@H]2OC[C@H](O)[C@H](O)[C@H]2O)O[C@@H](OC/C=C/c2ccccc2)[C@H](O)[C@H]1O. The summed E-state index contributed by atoms with van der Waals surface area (Å²) in [6.07, 6.45) is -7.93. The second kappa shape index (κ2) is 10.5. The maximum atomic E-state index is 12.2. The first-order chi connectivity index (χ1) is 14.4. The molecular weight excluding hydrogens is 400 g/mol. The lowest BCUT2D eigenvalue weighted by atomic mass is 10.0. The van der Waals surface area contributed by atoms with Crippen molar-refractivity contribution in [1.82, 2.24) is 0 Å². The predicted octanol–water partition coefficient (Wildman–Crippen LogP) is -1.81. The van der Waals surface area contributed by atoms with Gasteiger partial charge in [0, 0.05) is 0 Å². The number of rotatable bonds is 7. The van der Waals surface area contributed by atoms with Crippen molar-refractivity contribution in [2.75, 3.05) is 19.8 Å². The molecule has 0 aromatic heterocycles. The summed E-state index contributed by atoms with van der Waals surface area (Å²) >= 11 is 0. The lowest BCUT2D eigenvalue weighted by molar-refractivity contribution is -0.290. The minimum absolute atomic E-state index is 0.0552. The van der Waals surface area contributed by atoms with Gasteiger partial charge in [0.05, 0.1) is 19.8 Å². The highest BCUT2D eigenvalue weighted by atomic mass is 16.7. The fourth-order valence-electron chi connectivity index (χ4n) is 3.08. The quantitative estimate of drug-likeness (QED) is 0.337. The summed E-state index contributed by atoms with van der Waals surface area (Å²) in [6.45, 7) is -0.629. The van der Waals surface area contributed by atoms with E-state index in [2.05, 4.69) is 0 Å². The van der Waals surface area contributed by atoms with Crippen molar-refractivity contribution in [3.05, 3.63) is 42.0 Å². The van der Waals surface area contributed by atoms with E-state index in [-0.39, 0.29) is 13.2 Å². The van der Waals surface area contributed by atoms with Crippen LogP contribution < -0.4 is 0 Å². The number of benzene rings is 1. The van der Waals surface area contributed by atoms with Gasteiger partial charge in [-0.3, -0.25) is 4.79 Å². The highest BCUT2D eigenvalue weighted by Gasteiger charge is 2.45. The number of ether oxygens (including phenoxy) is 4. The van der Waals surface area contributed by atoms with Crippen molar-refractivity contribution in [2.24, 2.45) is 0 Å². The van der Waals surface area contributed by atoms with Gasteiger partial charge in [-0.2, -0.15) is 0 Å². The van der Waals surface area contributed by atoms with Crippen molar-refractivity contribution in [3.63, 3.8) is 0 Å². The molecule has 2 saturated heterocycles. The Balaban J connectivity index is 1.52. The van der Waals surface area contributed by atoms with Crippen LogP contribution in [0.5, 0.6) is 0 Å². The van der Waals surface area contributed by atoms with Gasteiger partial charge in [0.2, 0.25) is 0 Å². The van der Waals surface area contributed by atoms with Crippen LogP contribution in [-0.2, 0) is 23.7 Å². The highest BCUT2D eigenvalue weighted by Crippen LogP contribution is 2.22. The maximum absolute atomic E-state index is 12.2. The first-order valence-electron chi connectivity index (χ1n) is 9.54. The van der Waals surface area contributed by atoms with Gasteiger partial charge in [0.15, 0.2) is 18.4 Å². The molecule has 2 heterocycles. The second-order valence-corrected chi connectivity index (χ2v) is 7.06. The molecule has 1 aromatic carbocycles. The van der Waals surface area contributed by atoms with Crippen molar-refractivity contribution >= 4 is 11.9 Å². The fraction of sp³-hybridized carbons (Fsp3) is 0.550. The lowest BCUT2D eigenvalue weighted by Crippen LogP contribution is -2.58. The van der Waals surface area contributed by atoms with Crippen LogP contribution in [0.25, 0.3) is 6.08 Å². The number of aliphatic hydroxyl groups is 5. The molecule has 5 N–H and O–H groups in total. The van der Waals surface area contributed by atoms with E-state index in [0.29, 0.717) is 0 Å². The molecule has 2 fully saturated rings. The van der Waals surface area contributed by atoms with Gasteiger partial charge in [-0.25, -0.2) is 0 Å². The zero-order valence-corrected chi connectivity index (χ0v) is 16.1. The Kier molecular flexibility index (Phi) is 8.06. The number of hydrogen-bond acceptors (Lipinski definition) is 10. The molecule has 10 nitrogen and oxygen atoms in total. The molecule has 2 aliphatic rings. The molecule has 0 saturated carbocycles. The zero-order chi connectivity index (χ0) is 21.7. The van der Waals surface area contributed by atoms with E-state index in [0.717, 1.165) is 5.56 Å². The van der Waals surface area contributed by atoms with Gasteiger partial charge in [-0.15, -0.1) is 0 Å². The van der Waals surface area contributed by atoms with Gasteiger partial charge >= 0.3 is 0 Å². The fourth-order valence-corrected chi connectivity index (χ4v) is 3.08. The van der Waals surface area contributed by atoms with E-state index < -0.39 is 61.6 Å². The average molecular weight is 426 g/mol. The molecule has 30 heavy (non-hydrogen) atoms. The molecule has 0 aliphatic carbocycles. The van der Waals surface area contributed by atoms with E-state index >= 15 is 0 Å². The molecule has 2 aliphatic heterocycles. The van der Waals surface area contributed by atoms with Gasteiger partial charge in [0.1, 0.15) is 36.6 Å². The maximum Gasteiger partial charge on any atom is 0.195 e. The highest BCUT2D eigenvalue weighted by molar-refractivity contribution is 5.88. The lowest BCUT2D eigenvalue weighted by Gasteiger charge is -2.38. The Morgan fingerprint density at radius 2 is 1.70 bits per heavy atom. The van der Waals surface area contributed by atoms with Gasteiger partial charge in [-0.1, -0.05) is 42.5 Å². The molecule has 0 radical (unpaired) electrons. The normalized spacial score (nSPS) is 37.6. The molecule has 3 rings (SSSR count). The largest absolute Gasteiger partial charge is 0.388 e. The van der Waals surface area contributed by atoms with E-state index in [4.69, 9.17) is 18.9 Å². The summed E-state index contributed by atoms with van der Waals surface area (Å²) in [4.78, 5) is 12.2. The molecular formula is C20H26O10. The molecule has 1 aromatic rings. The van der Waals surface area contributed by atoms with E-state index in [1.165, 1.54) is 0 Å². The average Bonchev–Trinajstić information content (AvgIpc) is 2.76. The number of hydrogen-bond donors (Lipinski definition) is 5. The van der Waals surface area contributed by atoms with Crippen LogP contribution in [0.1, 0.15) is 5.56 Å². The summed E-state index contributed by atoms with van der Waals surface area (Å²) in [5.74, 6) is -0.812. The standard InChI is InChI=1S/C20H26O10/c21-12-9-28-19(17(25)14(12)22)29-10-13-15(23)16(24)18(26)20(30-13)27-8-4-7-11-5-2-1-3-6-11/h1-7,12-14,16-22,24-26H,8-10H2/b7-4+/t12-,13+,14-,16-,17+,18+,19-,20+/m0/s1. The number of Topliss-reactive ketones (excluding diaryl/α,β-unsaturated/α-hetero) is 1. The topological polar surface area (TPSA) is 155 Å². The summed E-state index contributed by atoms with van der Waals surface area (Å²) in [5.41, 5.74) is 0.950. The van der Waals surface area contributed by atoms with Crippen LogP contribution in [0.4, 0.5) is 0 Å². The first kappa shape index (κ1) is 22.9. The van der Waals surface area contributed by atoms with Crippen LogP contribution in [0, 0.1) is 0 Å². The van der Waals surface area contributed by atoms with Gasteiger partial charge < -0.3 is 44.5 Å². The summed E-state index contributed by atoms with van der Waals surface area (Å²) in [5, 5.41) is 49.0. The smallest absolute Gasteiger partial charge is 0.195 e. The third kappa shape index (κ3) is 5.49. The third-order valence-corrected chi connectivity index (χ3v) is 4.84. The van der Waals surface area contributed by atoms with Crippen molar-refractivity contribution in [3.8, 4) is 0 Å². The first-order valence-corrected chi connectivity index (χ1v) is 9.54. The van der Waals surface area contributed by atoms with Crippen LogP contribution in [0.3, 0.4) is 0 Å². The molecule has 166 valence electrons. The molecule has 10 heteroatoms. The van der Waals surface area contributed by atoms with Crippen molar-refractivity contribution < 1.29 is 49.3 Å². The van der Waals surface area contributed by atoms with E-state index in [9.17, 15) is 30.3 Å². The number of ketones is 1. The van der Waals surface area contributed by atoms with Gasteiger partial charge in [0.25, 0.3) is 0 Å². The number of carbonyl (C=O) groups is 1. The number of carbonyl (C=O) groups excluding carboxylic acids is 1. The van der Waals surface area contributed by atoms with Crippen LogP contribution in [0.15, 0.2) is 36.4 Å². The van der Waals surface area contributed by atoms with E-state index in [1.807, 2.05) is 30.3 Å². The minimum Gasteiger partial charge on any atom is -0.388 e. The molecule has 0 bridgehead atoms. The van der Waals surface area contributed by atoms with Crippen molar-refractivity contribution in [1.29, 1.82) is 0 Å². The Hall–Kier alpha value is -1.73. The molecule has 0 amide bonds.